The van der Waals surface area contributed by atoms with E-state index in [2.05, 4.69) is 53.4 Å². The minimum Gasteiger partial charge on any atom is -0.260 e. The van der Waals surface area contributed by atoms with Gasteiger partial charge in [-0.05, 0) is 31.4 Å². The van der Waals surface area contributed by atoms with E-state index in [0.717, 1.165) is 33.7 Å². The molecule has 0 saturated heterocycles. The predicted molar refractivity (Wildman–Crippen MR) is 93.8 cm³/mol. The number of benzene rings is 1. The van der Waals surface area contributed by atoms with Gasteiger partial charge in [0.2, 0.25) is 0 Å². The molecular formula is C17H18N4S. The van der Waals surface area contributed by atoms with Crippen molar-refractivity contribution in [1.82, 2.24) is 9.97 Å². The summed E-state index contributed by atoms with van der Waals surface area (Å²) in [6, 6.07) is 10.2. The van der Waals surface area contributed by atoms with Gasteiger partial charge in [-0.3, -0.25) is 5.43 Å². The van der Waals surface area contributed by atoms with Gasteiger partial charge in [0.1, 0.15) is 11.2 Å². The maximum absolute atomic E-state index is 4.56. The van der Waals surface area contributed by atoms with Gasteiger partial charge in [0, 0.05) is 4.88 Å². The molecule has 0 fully saturated rings. The number of fused-ring (bicyclic) bond motifs is 1. The summed E-state index contributed by atoms with van der Waals surface area (Å²) in [4.78, 5) is 11.0. The molecule has 2 heterocycles. The van der Waals surface area contributed by atoms with Crippen LogP contribution in [0.15, 0.2) is 41.8 Å². The predicted octanol–water partition coefficient (Wildman–Crippen LogP) is 4.53. The minimum absolute atomic E-state index is 0.772. The highest BCUT2D eigenvalue weighted by atomic mass is 32.1. The van der Waals surface area contributed by atoms with E-state index in [9.17, 15) is 0 Å². The van der Waals surface area contributed by atoms with Gasteiger partial charge in [0.05, 0.1) is 11.1 Å². The van der Waals surface area contributed by atoms with Crippen LogP contribution in [0.3, 0.4) is 0 Å². The van der Waals surface area contributed by atoms with Crippen molar-refractivity contribution in [1.29, 1.82) is 0 Å². The number of hydrogen-bond donors (Lipinski definition) is 1. The number of aromatic nitrogens is 2. The zero-order valence-corrected chi connectivity index (χ0v) is 13.7. The largest absolute Gasteiger partial charge is 0.260 e. The number of rotatable bonds is 4. The van der Waals surface area contributed by atoms with E-state index in [1.807, 2.05) is 18.2 Å². The van der Waals surface area contributed by atoms with E-state index < -0.39 is 0 Å². The molecule has 0 aliphatic heterocycles. The lowest BCUT2D eigenvalue weighted by Gasteiger charge is -2.06. The first kappa shape index (κ1) is 14.7. The van der Waals surface area contributed by atoms with Crippen molar-refractivity contribution >= 4 is 33.1 Å². The van der Waals surface area contributed by atoms with Gasteiger partial charge in [0.25, 0.3) is 0 Å². The highest BCUT2D eigenvalue weighted by Crippen LogP contribution is 2.32. The third-order valence-electron chi connectivity index (χ3n) is 3.70. The van der Waals surface area contributed by atoms with Crippen LogP contribution in [0.2, 0.25) is 0 Å². The monoisotopic (exact) mass is 310 g/mol. The molecule has 0 atom stereocenters. The molecule has 112 valence electrons. The van der Waals surface area contributed by atoms with E-state index >= 15 is 0 Å². The average Bonchev–Trinajstić information content (AvgIpc) is 2.84. The van der Waals surface area contributed by atoms with E-state index in [4.69, 9.17) is 0 Å². The van der Waals surface area contributed by atoms with E-state index in [1.165, 1.54) is 10.4 Å². The molecule has 0 aliphatic rings. The van der Waals surface area contributed by atoms with Gasteiger partial charge in [-0.1, -0.05) is 37.3 Å². The van der Waals surface area contributed by atoms with Gasteiger partial charge < -0.3 is 0 Å². The Morgan fingerprint density at radius 1 is 1.18 bits per heavy atom. The van der Waals surface area contributed by atoms with E-state index in [0.29, 0.717) is 0 Å². The molecule has 1 N–H and O–H groups in total. The molecule has 0 unspecified atom stereocenters. The Bertz CT molecular complexity index is 821. The molecule has 3 rings (SSSR count). The van der Waals surface area contributed by atoms with Crippen molar-refractivity contribution < 1.29 is 0 Å². The smallest absolute Gasteiger partial charge is 0.158 e. The number of thiophene rings is 1. The molecule has 0 aliphatic carbocycles. The fourth-order valence-corrected chi connectivity index (χ4v) is 3.36. The second kappa shape index (κ2) is 6.23. The van der Waals surface area contributed by atoms with Crippen LogP contribution in [0.1, 0.15) is 29.3 Å². The Morgan fingerprint density at radius 2 is 1.95 bits per heavy atom. The molecule has 4 nitrogen and oxygen atoms in total. The van der Waals surface area contributed by atoms with Crippen LogP contribution in [0.5, 0.6) is 0 Å². The summed E-state index contributed by atoms with van der Waals surface area (Å²) in [5, 5.41) is 5.63. The van der Waals surface area contributed by atoms with Gasteiger partial charge >= 0.3 is 0 Å². The number of nitrogens with one attached hydrogen (secondary N) is 1. The topological polar surface area (TPSA) is 50.2 Å². The SMILES string of the molecule is CC/C(=N\Nc1ncnc2sc(C)c(C)c12)c1ccccc1. The van der Waals surface area contributed by atoms with Crippen LogP contribution in [0.25, 0.3) is 10.2 Å². The van der Waals surface area contributed by atoms with Gasteiger partial charge in [-0.2, -0.15) is 5.10 Å². The van der Waals surface area contributed by atoms with Crippen molar-refractivity contribution in [2.75, 3.05) is 5.43 Å². The summed E-state index contributed by atoms with van der Waals surface area (Å²) in [5.74, 6) is 0.772. The Kier molecular flexibility index (Phi) is 4.15. The molecule has 5 heteroatoms. The highest BCUT2D eigenvalue weighted by molar-refractivity contribution is 7.18. The Labute approximate surface area is 133 Å². The van der Waals surface area contributed by atoms with Crippen LogP contribution in [0.4, 0.5) is 5.82 Å². The number of hydrazone groups is 1. The van der Waals surface area contributed by atoms with Gasteiger partial charge in [-0.15, -0.1) is 11.3 Å². The molecule has 0 bridgehead atoms. The highest BCUT2D eigenvalue weighted by Gasteiger charge is 2.11. The van der Waals surface area contributed by atoms with Crippen LogP contribution in [-0.2, 0) is 0 Å². The van der Waals surface area contributed by atoms with Crippen LogP contribution in [-0.4, -0.2) is 15.7 Å². The second-order valence-corrected chi connectivity index (χ2v) is 6.28. The van der Waals surface area contributed by atoms with Crippen LogP contribution < -0.4 is 5.43 Å². The Balaban J connectivity index is 1.98. The quantitative estimate of drug-likeness (QED) is 0.569. The summed E-state index contributed by atoms with van der Waals surface area (Å²) < 4.78 is 0. The zero-order chi connectivity index (χ0) is 15.5. The summed E-state index contributed by atoms with van der Waals surface area (Å²) in [7, 11) is 0. The normalized spacial score (nSPS) is 11.9. The first-order chi connectivity index (χ1) is 10.7. The molecule has 3 aromatic rings. The maximum Gasteiger partial charge on any atom is 0.158 e. The molecule has 1 aromatic carbocycles. The third kappa shape index (κ3) is 2.72. The number of aryl methyl sites for hydroxylation is 2. The Hall–Kier alpha value is -2.27. The van der Waals surface area contributed by atoms with Crippen LogP contribution >= 0.6 is 11.3 Å². The summed E-state index contributed by atoms with van der Waals surface area (Å²) in [5.41, 5.74) is 6.49. The fourth-order valence-electron chi connectivity index (χ4n) is 2.37. The fraction of sp³-hybridized carbons (Fsp3) is 0.235. The standard InChI is InChI=1S/C17H18N4S/c1-4-14(13-8-6-5-7-9-13)20-21-16-15-11(2)12(3)22-17(15)19-10-18-16/h5-10H,4H2,1-3H3,(H,18,19,21)/b20-14+. The first-order valence-corrected chi connectivity index (χ1v) is 8.11. The molecule has 2 aromatic heterocycles. The van der Waals surface area contributed by atoms with Crippen molar-refractivity contribution in [3.05, 3.63) is 52.7 Å². The number of hydrogen-bond acceptors (Lipinski definition) is 5. The molecule has 0 spiro atoms. The van der Waals surface area contributed by atoms with Crippen LogP contribution in [0, 0.1) is 13.8 Å². The summed E-state index contributed by atoms with van der Waals surface area (Å²) in [6.45, 7) is 6.31. The second-order valence-electron chi connectivity index (χ2n) is 5.08. The van der Waals surface area contributed by atoms with E-state index in [-0.39, 0.29) is 0 Å². The molecule has 0 radical (unpaired) electrons. The zero-order valence-electron chi connectivity index (χ0n) is 12.9. The molecule has 0 saturated carbocycles. The van der Waals surface area contributed by atoms with Crippen molar-refractivity contribution in [3.8, 4) is 0 Å². The lowest BCUT2D eigenvalue weighted by atomic mass is 10.1. The number of anilines is 1. The first-order valence-electron chi connectivity index (χ1n) is 7.29. The third-order valence-corrected chi connectivity index (χ3v) is 4.82. The average molecular weight is 310 g/mol. The Morgan fingerprint density at radius 3 is 2.68 bits per heavy atom. The lowest BCUT2D eigenvalue weighted by molar-refractivity contribution is 1.16. The lowest BCUT2D eigenvalue weighted by Crippen LogP contribution is -2.04. The number of nitrogens with zero attached hydrogens (tertiary/aromatic N) is 3. The van der Waals surface area contributed by atoms with Crippen molar-refractivity contribution in [2.24, 2.45) is 5.10 Å². The molecule has 22 heavy (non-hydrogen) atoms. The van der Waals surface area contributed by atoms with E-state index in [1.54, 1.807) is 17.7 Å². The van der Waals surface area contributed by atoms with Gasteiger partial charge in [0.15, 0.2) is 5.82 Å². The van der Waals surface area contributed by atoms with Gasteiger partial charge in [-0.25, -0.2) is 9.97 Å². The summed E-state index contributed by atoms with van der Waals surface area (Å²) >= 11 is 1.69. The van der Waals surface area contributed by atoms with Crippen molar-refractivity contribution in [2.45, 2.75) is 27.2 Å². The summed E-state index contributed by atoms with van der Waals surface area (Å²) in [6.07, 6.45) is 2.44. The maximum atomic E-state index is 4.56. The minimum atomic E-state index is 0.772. The van der Waals surface area contributed by atoms with Crippen molar-refractivity contribution in [3.63, 3.8) is 0 Å². The molecule has 0 amide bonds. The molecular weight excluding hydrogens is 292 g/mol.